The van der Waals surface area contributed by atoms with Gasteiger partial charge in [0.2, 0.25) is 5.91 Å². The molecule has 1 aliphatic heterocycles. The number of amides is 1. The Hall–Kier alpha value is -1.95. The molecule has 1 amide bonds. The Morgan fingerprint density at radius 1 is 1.29 bits per heavy atom. The van der Waals surface area contributed by atoms with Crippen molar-refractivity contribution in [3.8, 4) is 0 Å². The van der Waals surface area contributed by atoms with Gasteiger partial charge in [0, 0.05) is 26.7 Å². The van der Waals surface area contributed by atoms with Crippen molar-refractivity contribution in [2.75, 3.05) is 33.4 Å². The number of benzene rings is 2. The molecule has 1 heterocycles. The summed E-state index contributed by atoms with van der Waals surface area (Å²) < 4.78 is 11.2. The summed E-state index contributed by atoms with van der Waals surface area (Å²) in [7, 11) is 1.62. The molecular formula is C19H24N2O3. The molecular weight excluding hydrogens is 304 g/mol. The number of primary amides is 1. The predicted molar refractivity (Wildman–Crippen MR) is 93.6 cm³/mol. The van der Waals surface area contributed by atoms with Crippen molar-refractivity contribution in [2.45, 2.75) is 18.6 Å². The molecule has 1 fully saturated rings. The summed E-state index contributed by atoms with van der Waals surface area (Å²) in [6.45, 7) is 3.21. The van der Waals surface area contributed by atoms with E-state index >= 15 is 0 Å². The Morgan fingerprint density at radius 2 is 2.08 bits per heavy atom. The predicted octanol–water partition coefficient (Wildman–Crippen LogP) is 1.93. The molecule has 2 aromatic carbocycles. The van der Waals surface area contributed by atoms with Crippen LogP contribution in [-0.4, -0.2) is 49.8 Å². The number of rotatable bonds is 6. The van der Waals surface area contributed by atoms with E-state index in [1.54, 1.807) is 7.11 Å². The third kappa shape index (κ3) is 3.75. The molecule has 5 nitrogen and oxygen atoms in total. The molecule has 0 radical (unpaired) electrons. The van der Waals surface area contributed by atoms with Crippen molar-refractivity contribution in [1.82, 2.24) is 4.90 Å². The lowest BCUT2D eigenvalue weighted by Crippen LogP contribution is -2.55. The first-order valence-electron chi connectivity index (χ1n) is 8.22. The summed E-state index contributed by atoms with van der Waals surface area (Å²) in [6.07, 6.45) is 0.173. The number of nitrogens with zero attached hydrogens (tertiary/aromatic N) is 1. The van der Waals surface area contributed by atoms with Crippen LogP contribution in [0.3, 0.4) is 0 Å². The van der Waals surface area contributed by atoms with Crippen LogP contribution in [0.5, 0.6) is 0 Å². The number of methoxy groups -OCH3 is 1. The molecule has 1 atom stereocenters. The average Bonchev–Trinajstić information content (AvgIpc) is 2.55. The van der Waals surface area contributed by atoms with E-state index in [-0.39, 0.29) is 12.3 Å². The van der Waals surface area contributed by atoms with E-state index in [4.69, 9.17) is 15.2 Å². The Labute approximate surface area is 142 Å². The number of hydrogen-bond donors (Lipinski definition) is 1. The lowest BCUT2D eigenvalue weighted by atomic mass is 9.96. The zero-order valence-electron chi connectivity index (χ0n) is 14.0. The highest BCUT2D eigenvalue weighted by molar-refractivity contribution is 5.85. The highest BCUT2D eigenvalue weighted by Gasteiger charge is 2.38. The highest BCUT2D eigenvalue weighted by Crippen LogP contribution is 2.26. The number of carbonyl (C=O) groups excluding carboxylic acids is 1. The van der Waals surface area contributed by atoms with Gasteiger partial charge >= 0.3 is 0 Å². The van der Waals surface area contributed by atoms with Crippen molar-refractivity contribution >= 4 is 16.7 Å². The highest BCUT2D eigenvalue weighted by atomic mass is 16.5. The van der Waals surface area contributed by atoms with Crippen molar-refractivity contribution in [3.05, 3.63) is 48.0 Å². The van der Waals surface area contributed by atoms with E-state index in [2.05, 4.69) is 47.4 Å². The molecule has 0 bridgehead atoms. The van der Waals surface area contributed by atoms with Gasteiger partial charge in [-0.25, -0.2) is 0 Å². The van der Waals surface area contributed by atoms with E-state index in [0.717, 1.165) is 13.1 Å². The molecule has 5 heteroatoms. The molecule has 2 N–H and O–H groups in total. The summed E-state index contributed by atoms with van der Waals surface area (Å²) >= 11 is 0. The number of ether oxygens (including phenoxy) is 2. The van der Waals surface area contributed by atoms with E-state index < -0.39 is 5.60 Å². The third-order valence-corrected chi connectivity index (χ3v) is 4.51. The normalized spacial score (nSPS) is 21.9. The number of fused-ring (bicyclic) bond motifs is 1. The van der Waals surface area contributed by atoms with Gasteiger partial charge in [0.25, 0.3) is 0 Å². The lowest BCUT2D eigenvalue weighted by Gasteiger charge is -2.42. The number of nitrogens with two attached hydrogens (primary N) is 1. The zero-order chi connectivity index (χ0) is 17.0. The lowest BCUT2D eigenvalue weighted by molar-refractivity contribution is -0.154. The topological polar surface area (TPSA) is 64.8 Å². The molecule has 0 aliphatic carbocycles. The molecule has 1 aliphatic rings. The Kier molecular flexibility index (Phi) is 5.14. The van der Waals surface area contributed by atoms with Gasteiger partial charge in [0.05, 0.1) is 19.6 Å². The first-order chi connectivity index (χ1) is 11.6. The van der Waals surface area contributed by atoms with Gasteiger partial charge < -0.3 is 15.2 Å². The maximum Gasteiger partial charge on any atom is 0.220 e. The van der Waals surface area contributed by atoms with Crippen LogP contribution in [0.4, 0.5) is 0 Å². The van der Waals surface area contributed by atoms with E-state index in [1.807, 2.05) is 0 Å². The summed E-state index contributed by atoms with van der Waals surface area (Å²) in [4.78, 5) is 13.8. The second-order valence-electron chi connectivity index (χ2n) is 6.46. The largest absolute Gasteiger partial charge is 0.382 e. The molecule has 1 unspecified atom stereocenters. The van der Waals surface area contributed by atoms with Crippen LogP contribution in [0.1, 0.15) is 12.0 Å². The van der Waals surface area contributed by atoms with E-state index in [9.17, 15) is 4.79 Å². The summed E-state index contributed by atoms with van der Waals surface area (Å²) in [5, 5.41) is 2.50. The minimum absolute atomic E-state index is 0.173. The van der Waals surface area contributed by atoms with Crippen molar-refractivity contribution in [2.24, 2.45) is 5.73 Å². The van der Waals surface area contributed by atoms with Crippen LogP contribution < -0.4 is 5.73 Å². The number of hydrogen-bond acceptors (Lipinski definition) is 4. The first-order valence-corrected chi connectivity index (χ1v) is 8.22. The van der Waals surface area contributed by atoms with Gasteiger partial charge in [0.15, 0.2) is 0 Å². The molecule has 0 aromatic heterocycles. The molecule has 0 saturated carbocycles. The third-order valence-electron chi connectivity index (χ3n) is 4.51. The van der Waals surface area contributed by atoms with Crippen LogP contribution in [0.25, 0.3) is 10.8 Å². The van der Waals surface area contributed by atoms with Gasteiger partial charge in [-0.05, 0) is 16.3 Å². The monoisotopic (exact) mass is 328 g/mol. The summed E-state index contributed by atoms with van der Waals surface area (Å²) in [5.74, 6) is -0.362. The van der Waals surface area contributed by atoms with Crippen molar-refractivity contribution in [1.29, 1.82) is 0 Å². The van der Waals surface area contributed by atoms with Gasteiger partial charge in [-0.2, -0.15) is 0 Å². The Balaban J connectivity index is 1.80. The fourth-order valence-corrected chi connectivity index (χ4v) is 3.56. The smallest absolute Gasteiger partial charge is 0.220 e. The summed E-state index contributed by atoms with van der Waals surface area (Å²) in [6, 6.07) is 14.8. The van der Waals surface area contributed by atoms with Gasteiger partial charge in [-0.1, -0.05) is 42.5 Å². The molecule has 0 spiro atoms. The van der Waals surface area contributed by atoms with Gasteiger partial charge in [0.1, 0.15) is 5.60 Å². The Morgan fingerprint density at radius 3 is 2.88 bits per heavy atom. The maximum absolute atomic E-state index is 11.5. The SMILES string of the molecule is COCC1(CC(N)=O)CN(Cc2cccc3ccccc23)CCO1. The molecule has 24 heavy (non-hydrogen) atoms. The first kappa shape index (κ1) is 16.9. The van der Waals surface area contributed by atoms with Crippen molar-refractivity contribution < 1.29 is 14.3 Å². The molecule has 1 saturated heterocycles. The van der Waals surface area contributed by atoms with Crippen LogP contribution in [0, 0.1) is 0 Å². The van der Waals surface area contributed by atoms with Crippen LogP contribution in [0.2, 0.25) is 0 Å². The quantitative estimate of drug-likeness (QED) is 0.880. The van der Waals surface area contributed by atoms with Crippen molar-refractivity contribution in [3.63, 3.8) is 0 Å². The number of morpholine rings is 1. The molecule has 3 rings (SSSR count). The molecule has 128 valence electrons. The average molecular weight is 328 g/mol. The van der Waals surface area contributed by atoms with Crippen LogP contribution in [0.15, 0.2) is 42.5 Å². The van der Waals surface area contributed by atoms with Gasteiger partial charge in [-0.3, -0.25) is 9.69 Å². The van der Waals surface area contributed by atoms with Crippen LogP contribution in [-0.2, 0) is 20.8 Å². The standard InChI is InChI=1S/C19H24N2O3/c1-23-14-19(11-18(20)22)13-21(9-10-24-19)12-16-7-4-6-15-5-2-3-8-17(15)16/h2-8H,9-14H2,1H3,(H2,20,22). The maximum atomic E-state index is 11.5. The minimum Gasteiger partial charge on any atom is -0.382 e. The second-order valence-corrected chi connectivity index (χ2v) is 6.46. The zero-order valence-corrected chi connectivity index (χ0v) is 14.0. The van der Waals surface area contributed by atoms with Gasteiger partial charge in [-0.15, -0.1) is 0 Å². The number of carbonyl (C=O) groups is 1. The van der Waals surface area contributed by atoms with E-state index in [0.29, 0.717) is 19.8 Å². The second kappa shape index (κ2) is 7.30. The minimum atomic E-state index is -0.649. The molecule has 2 aromatic rings. The Bertz CT molecular complexity index is 709. The van der Waals surface area contributed by atoms with E-state index in [1.165, 1.54) is 16.3 Å². The summed E-state index contributed by atoms with van der Waals surface area (Å²) in [5.41, 5.74) is 6.05. The fraction of sp³-hybridized carbons (Fsp3) is 0.421. The van der Waals surface area contributed by atoms with Crippen LogP contribution >= 0.6 is 0 Å². The fourth-order valence-electron chi connectivity index (χ4n) is 3.56.